The Labute approximate surface area is 311 Å². The quantitative estimate of drug-likeness (QED) is 0.162. The third-order valence-corrected chi connectivity index (χ3v) is 12.3. The standard InChI is InChI=1S/C52H32S/c1-2-14-37-32-38(31-28-33(37)12-1)34-26-29-36(30-27-34)49-42-18-5-6-19-43(42)50(41-20-9-15-35-13-3-4-16-39(35)41)47-24-10-21-44(51(47)49)46-23-11-22-45-40-17-7-8-25-48(40)53-52(45)46/h1-32H. The largest absolute Gasteiger partial charge is 0.135 e. The maximum absolute atomic E-state index is 2.35. The molecule has 0 amide bonds. The molecule has 0 fully saturated rings. The molecular formula is C52H32S. The van der Waals surface area contributed by atoms with E-state index < -0.39 is 0 Å². The minimum Gasteiger partial charge on any atom is -0.135 e. The molecule has 1 heterocycles. The monoisotopic (exact) mass is 688 g/mol. The molecule has 53 heavy (non-hydrogen) atoms. The second-order valence-corrected chi connectivity index (χ2v) is 15.0. The van der Waals surface area contributed by atoms with E-state index in [1.807, 2.05) is 11.3 Å². The second kappa shape index (κ2) is 12.0. The Kier molecular flexibility index (Phi) is 6.83. The van der Waals surface area contributed by atoms with E-state index in [4.69, 9.17) is 0 Å². The molecular weight excluding hydrogens is 657 g/mol. The van der Waals surface area contributed by atoms with Crippen molar-refractivity contribution in [2.75, 3.05) is 0 Å². The first-order valence-electron chi connectivity index (χ1n) is 18.3. The lowest BCUT2D eigenvalue weighted by atomic mass is 9.82. The van der Waals surface area contributed by atoms with Gasteiger partial charge in [0.25, 0.3) is 0 Å². The van der Waals surface area contributed by atoms with Gasteiger partial charge < -0.3 is 0 Å². The highest BCUT2D eigenvalue weighted by atomic mass is 32.1. The van der Waals surface area contributed by atoms with Crippen molar-refractivity contribution in [2.45, 2.75) is 0 Å². The van der Waals surface area contributed by atoms with Crippen LogP contribution in [0, 0.1) is 0 Å². The molecule has 246 valence electrons. The highest BCUT2D eigenvalue weighted by molar-refractivity contribution is 7.26. The molecule has 11 aromatic rings. The molecule has 0 bridgehead atoms. The molecule has 0 saturated carbocycles. The lowest BCUT2D eigenvalue weighted by Gasteiger charge is -2.21. The summed E-state index contributed by atoms with van der Waals surface area (Å²) in [7, 11) is 0. The zero-order valence-corrected chi connectivity index (χ0v) is 29.7. The molecule has 0 radical (unpaired) electrons. The Hall–Kier alpha value is -6.54. The predicted molar refractivity (Wildman–Crippen MR) is 231 cm³/mol. The molecule has 0 saturated heterocycles. The van der Waals surface area contributed by atoms with Crippen LogP contribution in [0.1, 0.15) is 0 Å². The maximum atomic E-state index is 2.35. The van der Waals surface area contributed by atoms with Gasteiger partial charge in [-0.3, -0.25) is 0 Å². The van der Waals surface area contributed by atoms with E-state index in [9.17, 15) is 0 Å². The molecule has 0 spiro atoms. The number of fused-ring (bicyclic) bond motifs is 7. The number of hydrogen-bond donors (Lipinski definition) is 0. The van der Waals surface area contributed by atoms with Gasteiger partial charge in [0.1, 0.15) is 0 Å². The van der Waals surface area contributed by atoms with Crippen molar-refractivity contribution in [1.82, 2.24) is 0 Å². The van der Waals surface area contributed by atoms with Gasteiger partial charge in [-0.1, -0.05) is 182 Å². The van der Waals surface area contributed by atoms with Crippen LogP contribution in [0.15, 0.2) is 194 Å². The van der Waals surface area contributed by atoms with Gasteiger partial charge in [0.05, 0.1) is 0 Å². The zero-order valence-electron chi connectivity index (χ0n) is 28.9. The first-order valence-corrected chi connectivity index (χ1v) is 19.1. The van der Waals surface area contributed by atoms with Gasteiger partial charge in [-0.15, -0.1) is 11.3 Å². The van der Waals surface area contributed by atoms with E-state index in [0.717, 1.165) is 0 Å². The van der Waals surface area contributed by atoms with Crippen LogP contribution in [0.3, 0.4) is 0 Å². The van der Waals surface area contributed by atoms with Crippen molar-refractivity contribution in [3.63, 3.8) is 0 Å². The van der Waals surface area contributed by atoms with E-state index in [2.05, 4.69) is 194 Å². The summed E-state index contributed by atoms with van der Waals surface area (Å²) in [5, 5.41) is 12.8. The van der Waals surface area contributed by atoms with Gasteiger partial charge in [0.2, 0.25) is 0 Å². The van der Waals surface area contributed by atoms with E-state index in [-0.39, 0.29) is 0 Å². The van der Waals surface area contributed by atoms with Crippen LogP contribution in [0.25, 0.3) is 108 Å². The van der Waals surface area contributed by atoms with Crippen molar-refractivity contribution in [1.29, 1.82) is 0 Å². The minimum absolute atomic E-state index is 1.22. The average molecular weight is 689 g/mol. The lowest BCUT2D eigenvalue weighted by Crippen LogP contribution is -1.94. The van der Waals surface area contributed by atoms with Crippen LogP contribution >= 0.6 is 11.3 Å². The summed E-state index contributed by atoms with van der Waals surface area (Å²) in [5.74, 6) is 0. The van der Waals surface area contributed by atoms with E-state index in [1.54, 1.807) is 0 Å². The molecule has 0 unspecified atom stereocenters. The third-order valence-electron chi connectivity index (χ3n) is 11.1. The highest BCUT2D eigenvalue weighted by Crippen LogP contribution is 2.50. The number of benzene rings is 10. The van der Waals surface area contributed by atoms with E-state index in [1.165, 1.54) is 108 Å². The third kappa shape index (κ3) is 4.75. The molecule has 1 heteroatoms. The molecule has 11 rings (SSSR count). The van der Waals surface area contributed by atoms with Gasteiger partial charge in [-0.25, -0.2) is 0 Å². The summed E-state index contributed by atoms with van der Waals surface area (Å²) in [6.45, 7) is 0. The van der Waals surface area contributed by atoms with Gasteiger partial charge in [0, 0.05) is 25.7 Å². The fourth-order valence-electron chi connectivity index (χ4n) is 8.64. The predicted octanol–water partition coefficient (Wildman–Crippen LogP) is 15.3. The highest BCUT2D eigenvalue weighted by Gasteiger charge is 2.22. The van der Waals surface area contributed by atoms with Crippen LogP contribution in [-0.4, -0.2) is 0 Å². The van der Waals surface area contributed by atoms with Crippen LogP contribution < -0.4 is 0 Å². The Balaban J connectivity index is 1.24. The van der Waals surface area contributed by atoms with E-state index >= 15 is 0 Å². The summed E-state index contributed by atoms with van der Waals surface area (Å²) in [6.07, 6.45) is 0. The van der Waals surface area contributed by atoms with Crippen LogP contribution in [0.4, 0.5) is 0 Å². The molecule has 1 aromatic heterocycles. The fourth-order valence-corrected chi connectivity index (χ4v) is 9.87. The summed E-state index contributed by atoms with van der Waals surface area (Å²) >= 11 is 1.90. The van der Waals surface area contributed by atoms with Crippen molar-refractivity contribution >= 4 is 74.6 Å². The summed E-state index contributed by atoms with van der Waals surface area (Å²) < 4.78 is 2.65. The lowest BCUT2D eigenvalue weighted by molar-refractivity contribution is 1.63. The molecule has 10 aromatic carbocycles. The Bertz CT molecular complexity index is 3210. The normalized spacial score (nSPS) is 11.8. The van der Waals surface area contributed by atoms with Gasteiger partial charge in [-0.05, 0) is 94.2 Å². The Morgan fingerprint density at radius 3 is 1.66 bits per heavy atom. The molecule has 0 atom stereocenters. The molecule has 0 N–H and O–H groups in total. The number of hydrogen-bond acceptors (Lipinski definition) is 1. The zero-order chi connectivity index (χ0) is 34.9. The maximum Gasteiger partial charge on any atom is 0.0434 e. The van der Waals surface area contributed by atoms with E-state index in [0.29, 0.717) is 0 Å². The summed E-state index contributed by atoms with van der Waals surface area (Å²) in [5.41, 5.74) is 10.0. The first kappa shape index (κ1) is 30.1. The smallest absolute Gasteiger partial charge is 0.0434 e. The number of rotatable bonds is 4. The molecule has 0 aliphatic carbocycles. The second-order valence-electron chi connectivity index (χ2n) is 14.0. The first-order chi connectivity index (χ1) is 26.3. The van der Waals surface area contributed by atoms with Gasteiger partial charge in [-0.2, -0.15) is 0 Å². The Morgan fingerprint density at radius 1 is 0.283 bits per heavy atom. The van der Waals surface area contributed by atoms with Gasteiger partial charge >= 0.3 is 0 Å². The van der Waals surface area contributed by atoms with Crippen LogP contribution in [0.5, 0.6) is 0 Å². The molecule has 0 nitrogen and oxygen atoms in total. The minimum atomic E-state index is 1.22. The fraction of sp³-hybridized carbons (Fsp3) is 0. The average Bonchev–Trinajstić information content (AvgIpc) is 3.61. The topological polar surface area (TPSA) is 0 Å². The van der Waals surface area contributed by atoms with Gasteiger partial charge in [0.15, 0.2) is 0 Å². The molecule has 0 aliphatic heterocycles. The Morgan fingerprint density at radius 2 is 0.830 bits per heavy atom. The number of thiophene rings is 1. The van der Waals surface area contributed by atoms with Crippen LogP contribution in [-0.2, 0) is 0 Å². The van der Waals surface area contributed by atoms with Crippen molar-refractivity contribution in [3.8, 4) is 44.5 Å². The molecule has 0 aliphatic rings. The van der Waals surface area contributed by atoms with Crippen molar-refractivity contribution < 1.29 is 0 Å². The summed E-state index contributed by atoms with van der Waals surface area (Å²) in [4.78, 5) is 0. The summed E-state index contributed by atoms with van der Waals surface area (Å²) in [6, 6.07) is 71.8. The SMILES string of the molecule is c1ccc2cc(-c3ccc(-c4c5ccccc5c(-c5cccc6ccccc56)c5cccc(-c6cccc7c6sc6ccccc67)c45)cc3)ccc2c1. The van der Waals surface area contributed by atoms with Crippen molar-refractivity contribution in [3.05, 3.63) is 194 Å². The van der Waals surface area contributed by atoms with Crippen LogP contribution in [0.2, 0.25) is 0 Å². The van der Waals surface area contributed by atoms with Crippen molar-refractivity contribution in [2.24, 2.45) is 0 Å².